The van der Waals surface area contributed by atoms with Crippen molar-refractivity contribution in [3.05, 3.63) is 46.4 Å². The van der Waals surface area contributed by atoms with Crippen molar-refractivity contribution in [1.82, 2.24) is 30.6 Å². The Hall–Kier alpha value is -2.57. The van der Waals surface area contributed by atoms with Crippen LogP contribution in [0.25, 0.3) is 11.3 Å². The Morgan fingerprint density at radius 1 is 1.24 bits per heavy atom. The molecule has 2 heterocycles. The SMILES string of the molecule is CCCN1CCN(Cc2cccc(C(=O)NNCC(C)C)c2-c2nc(C#N)ncc2Cl)CC1. The molecule has 0 aliphatic carbocycles. The summed E-state index contributed by atoms with van der Waals surface area (Å²) < 4.78 is 0. The van der Waals surface area contributed by atoms with Crippen molar-refractivity contribution < 1.29 is 4.79 Å². The number of amides is 1. The molecule has 1 saturated heterocycles. The zero-order chi connectivity index (χ0) is 23.8. The highest BCUT2D eigenvalue weighted by Gasteiger charge is 2.23. The first-order valence-corrected chi connectivity index (χ1v) is 11.8. The third-order valence-electron chi connectivity index (χ3n) is 5.59. The van der Waals surface area contributed by atoms with E-state index in [1.807, 2.05) is 18.2 Å². The van der Waals surface area contributed by atoms with Crippen LogP contribution in [0.4, 0.5) is 0 Å². The van der Waals surface area contributed by atoms with Crippen LogP contribution >= 0.6 is 11.6 Å². The fourth-order valence-corrected chi connectivity index (χ4v) is 4.11. The third kappa shape index (κ3) is 6.71. The van der Waals surface area contributed by atoms with E-state index >= 15 is 0 Å². The Kier molecular flexibility index (Phi) is 9.15. The second-order valence-electron chi connectivity index (χ2n) is 8.69. The first kappa shape index (κ1) is 25.1. The molecule has 3 rings (SSSR count). The van der Waals surface area contributed by atoms with Gasteiger partial charge in [-0.3, -0.25) is 15.1 Å². The van der Waals surface area contributed by atoms with Crippen molar-refractivity contribution in [3.63, 3.8) is 0 Å². The van der Waals surface area contributed by atoms with E-state index in [0.29, 0.717) is 40.9 Å². The Morgan fingerprint density at radius 3 is 2.64 bits per heavy atom. The van der Waals surface area contributed by atoms with Crippen molar-refractivity contribution in [3.8, 4) is 17.3 Å². The summed E-state index contributed by atoms with van der Waals surface area (Å²) in [6.45, 7) is 12.7. The Labute approximate surface area is 200 Å². The van der Waals surface area contributed by atoms with Crippen LogP contribution < -0.4 is 10.9 Å². The van der Waals surface area contributed by atoms with E-state index in [2.05, 4.69) is 51.4 Å². The van der Waals surface area contributed by atoms with Gasteiger partial charge < -0.3 is 4.90 Å². The molecule has 1 aliphatic heterocycles. The molecule has 8 nitrogen and oxygen atoms in total. The van der Waals surface area contributed by atoms with E-state index in [4.69, 9.17) is 11.6 Å². The average molecular weight is 470 g/mol. The van der Waals surface area contributed by atoms with Crippen molar-refractivity contribution in [1.29, 1.82) is 5.26 Å². The fourth-order valence-electron chi connectivity index (χ4n) is 3.93. The molecule has 2 N–H and O–H groups in total. The molecule has 9 heteroatoms. The summed E-state index contributed by atoms with van der Waals surface area (Å²) in [7, 11) is 0. The van der Waals surface area contributed by atoms with Gasteiger partial charge in [-0.1, -0.05) is 44.5 Å². The normalized spacial score (nSPS) is 14.9. The number of aromatic nitrogens is 2. The summed E-state index contributed by atoms with van der Waals surface area (Å²) in [6.07, 6.45) is 2.57. The number of halogens is 1. The third-order valence-corrected chi connectivity index (χ3v) is 5.86. The van der Waals surface area contributed by atoms with Crippen LogP contribution in [0.2, 0.25) is 5.02 Å². The van der Waals surface area contributed by atoms with Crippen LogP contribution in [0.1, 0.15) is 48.9 Å². The van der Waals surface area contributed by atoms with Gasteiger partial charge in [0, 0.05) is 44.8 Å². The van der Waals surface area contributed by atoms with Gasteiger partial charge in [-0.2, -0.15) is 5.26 Å². The quantitative estimate of drug-likeness (QED) is 0.544. The van der Waals surface area contributed by atoms with E-state index in [1.165, 1.54) is 6.20 Å². The predicted molar refractivity (Wildman–Crippen MR) is 130 cm³/mol. The van der Waals surface area contributed by atoms with Crippen LogP contribution in [0.3, 0.4) is 0 Å². The number of hydrazine groups is 1. The lowest BCUT2D eigenvalue weighted by Gasteiger charge is -2.35. The number of nitrogens with one attached hydrogen (secondary N) is 2. The minimum atomic E-state index is -0.270. The zero-order valence-corrected chi connectivity index (χ0v) is 20.3. The average Bonchev–Trinajstić information content (AvgIpc) is 2.80. The molecule has 1 aromatic heterocycles. The lowest BCUT2D eigenvalue weighted by atomic mass is 9.96. The van der Waals surface area contributed by atoms with Crippen LogP contribution in [0.15, 0.2) is 24.4 Å². The molecule has 0 radical (unpaired) electrons. The van der Waals surface area contributed by atoms with Crippen molar-refractivity contribution in [2.75, 3.05) is 39.3 Å². The minimum absolute atomic E-state index is 0.0154. The van der Waals surface area contributed by atoms with Gasteiger partial charge in [-0.05, 0) is 30.5 Å². The van der Waals surface area contributed by atoms with Crippen LogP contribution in [-0.2, 0) is 6.54 Å². The predicted octanol–water partition coefficient (Wildman–Crippen LogP) is 3.09. The van der Waals surface area contributed by atoms with Gasteiger partial charge in [0.15, 0.2) is 0 Å². The minimum Gasteiger partial charge on any atom is -0.301 e. The van der Waals surface area contributed by atoms with E-state index < -0.39 is 0 Å². The standard InChI is InChI=1S/C24H32ClN7O/c1-4-8-31-9-11-32(12-10-31)16-18-6-5-7-19(24(33)30-28-14-17(2)3)22(18)23-20(25)15-27-21(13-26)29-23/h5-7,15,17,28H,4,8-12,14,16H2,1-3H3,(H,30,33). The van der Waals surface area contributed by atoms with Gasteiger partial charge >= 0.3 is 0 Å². The van der Waals surface area contributed by atoms with Crippen LogP contribution in [0, 0.1) is 17.2 Å². The number of benzene rings is 1. The highest BCUT2D eigenvalue weighted by molar-refractivity contribution is 6.33. The summed E-state index contributed by atoms with van der Waals surface area (Å²) in [6, 6.07) is 7.60. The van der Waals surface area contributed by atoms with Gasteiger partial charge in [0.25, 0.3) is 5.91 Å². The van der Waals surface area contributed by atoms with Crippen LogP contribution in [-0.4, -0.2) is 64.9 Å². The molecular weight excluding hydrogens is 438 g/mol. The number of hydrogen-bond acceptors (Lipinski definition) is 7. The lowest BCUT2D eigenvalue weighted by Crippen LogP contribution is -2.46. The monoisotopic (exact) mass is 469 g/mol. The molecule has 2 aromatic rings. The molecule has 0 spiro atoms. The first-order chi connectivity index (χ1) is 15.9. The fraction of sp³-hybridized carbons (Fsp3) is 0.500. The summed E-state index contributed by atoms with van der Waals surface area (Å²) in [4.78, 5) is 26.3. The van der Waals surface area contributed by atoms with E-state index in [0.717, 1.165) is 44.7 Å². The zero-order valence-electron chi connectivity index (χ0n) is 19.6. The van der Waals surface area contributed by atoms with Crippen molar-refractivity contribution in [2.45, 2.75) is 33.7 Å². The molecule has 0 unspecified atom stereocenters. The Morgan fingerprint density at radius 2 is 1.97 bits per heavy atom. The number of carbonyl (C=O) groups is 1. The number of nitriles is 1. The molecule has 1 aliphatic rings. The Balaban J connectivity index is 1.94. The van der Waals surface area contributed by atoms with E-state index in [9.17, 15) is 10.1 Å². The first-order valence-electron chi connectivity index (χ1n) is 11.5. The number of hydrogen-bond donors (Lipinski definition) is 2. The van der Waals surface area contributed by atoms with Gasteiger partial charge in [0.1, 0.15) is 6.07 Å². The highest BCUT2D eigenvalue weighted by atomic mass is 35.5. The van der Waals surface area contributed by atoms with Crippen molar-refractivity contribution >= 4 is 17.5 Å². The molecule has 0 saturated carbocycles. The van der Waals surface area contributed by atoms with Gasteiger partial charge in [-0.25, -0.2) is 15.4 Å². The summed E-state index contributed by atoms with van der Waals surface area (Å²) in [5.74, 6) is 0.132. The van der Waals surface area contributed by atoms with Crippen LogP contribution in [0.5, 0.6) is 0 Å². The molecule has 1 aromatic carbocycles. The molecular formula is C24H32ClN7O. The number of rotatable bonds is 9. The molecule has 0 atom stereocenters. The van der Waals surface area contributed by atoms with Gasteiger partial charge in [0.2, 0.25) is 5.82 Å². The summed E-state index contributed by atoms with van der Waals surface area (Å²) >= 11 is 6.48. The molecule has 33 heavy (non-hydrogen) atoms. The summed E-state index contributed by atoms with van der Waals surface area (Å²) in [5, 5.41) is 9.63. The number of piperazine rings is 1. The maximum atomic E-state index is 13.1. The number of carbonyl (C=O) groups excluding carboxylic acids is 1. The molecule has 1 fully saturated rings. The molecule has 0 bridgehead atoms. The van der Waals surface area contributed by atoms with Gasteiger partial charge in [0.05, 0.1) is 22.5 Å². The largest absolute Gasteiger partial charge is 0.301 e. The topological polar surface area (TPSA) is 97.2 Å². The maximum Gasteiger partial charge on any atom is 0.266 e. The summed E-state index contributed by atoms with van der Waals surface area (Å²) in [5.41, 5.74) is 8.20. The van der Waals surface area contributed by atoms with E-state index in [-0.39, 0.29) is 11.7 Å². The van der Waals surface area contributed by atoms with Gasteiger partial charge in [-0.15, -0.1) is 0 Å². The van der Waals surface area contributed by atoms with Crippen molar-refractivity contribution in [2.24, 2.45) is 5.92 Å². The second-order valence-corrected chi connectivity index (χ2v) is 9.10. The molecule has 176 valence electrons. The highest BCUT2D eigenvalue weighted by Crippen LogP contribution is 2.32. The lowest BCUT2D eigenvalue weighted by molar-refractivity contribution is 0.0931. The van der Waals surface area contributed by atoms with E-state index in [1.54, 1.807) is 6.07 Å². The molecule has 1 amide bonds. The second kappa shape index (κ2) is 12.1. The smallest absolute Gasteiger partial charge is 0.266 e. The Bertz CT molecular complexity index is 997. The number of nitrogens with zero attached hydrogens (tertiary/aromatic N) is 5. The maximum absolute atomic E-state index is 13.1.